The smallest absolute Gasteiger partial charge is 0.139 e. The van der Waals surface area contributed by atoms with E-state index in [0.29, 0.717) is 22.9 Å². The molecule has 0 unspecified atom stereocenters. The molecular formula is C14H14BrN5. The fraction of sp³-hybridized carbons (Fsp3) is 0.214. The highest BCUT2D eigenvalue weighted by Crippen LogP contribution is 2.27. The first-order valence-electron chi connectivity index (χ1n) is 6.05. The minimum atomic E-state index is 0.565. The predicted octanol–water partition coefficient (Wildman–Crippen LogP) is 3.51. The first-order chi connectivity index (χ1) is 9.55. The third kappa shape index (κ3) is 2.89. The van der Waals surface area contributed by atoms with Crippen molar-refractivity contribution in [2.45, 2.75) is 13.8 Å². The third-order valence-electron chi connectivity index (χ3n) is 2.85. The molecule has 0 saturated heterocycles. The van der Waals surface area contributed by atoms with Crippen LogP contribution in [0, 0.1) is 25.2 Å². The van der Waals surface area contributed by atoms with Gasteiger partial charge in [-0.05, 0) is 32.0 Å². The average Bonchev–Trinajstić information content (AvgIpc) is 2.42. The molecule has 102 valence electrons. The van der Waals surface area contributed by atoms with Gasteiger partial charge in [-0.25, -0.2) is 9.97 Å². The summed E-state index contributed by atoms with van der Waals surface area (Å²) in [4.78, 5) is 8.71. The molecule has 2 N–H and O–H groups in total. The van der Waals surface area contributed by atoms with E-state index in [4.69, 9.17) is 5.26 Å². The fourth-order valence-corrected chi connectivity index (χ4v) is 2.20. The van der Waals surface area contributed by atoms with Crippen LogP contribution < -0.4 is 10.6 Å². The summed E-state index contributed by atoms with van der Waals surface area (Å²) in [5.41, 5.74) is 2.18. The van der Waals surface area contributed by atoms with E-state index in [1.165, 1.54) is 0 Å². The van der Waals surface area contributed by atoms with E-state index < -0.39 is 0 Å². The fourth-order valence-electron chi connectivity index (χ4n) is 1.84. The molecule has 5 nitrogen and oxygen atoms in total. The van der Waals surface area contributed by atoms with Crippen molar-refractivity contribution in [1.82, 2.24) is 9.97 Å². The van der Waals surface area contributed by atoms with Crippen molar-refractivity contribution in [3.63, 3.8) is 0 Å². The van der Waals surface area contributed by atoms with Crippen LogP contribution in [0.25, 0.3) is 0 Å². The van der Waals surface area contributed by atoms with Gasteiger partial charge in [-0.1, -0.05) is 15.9 Å². The van der Waals surface area contributed by atoms with Crippen molar-refractivity contribution < 1.29 is 0 Å². The number of nitrogens with one attached hydrogen (secondary N) is 2. The topological polar surface area (TPSA) is 73.6 Å². The average molecular weight is 332 g/mol. The summed E-state index contributed by atoms with van der Waals surface area (Å²) in [6.45, 7) is 3.76. The summed E-state index contributed by atoms with van der Waals surface area (Å²) in [5.74, 6) is 2.13. The molecule has 0 fully saturated rings. The Morgan fingerprint density at radius 2 is 1.90 bits per heavy atom. The van der Waals surface area contributed by atoms with Crippen molar-refractivity contribution >= 4 is 33.3 Å². The van der Waals surface area contributed by atoms with E-state index in [-0.39, 0.29) is 0 Å². The molecule has 0 aliphatic rings. The van der Waals surface area contributed by atoms with Gasteiger partial charge in [0.2, 0.25) is 0 Å². The molecule has 1 aromatic heterocycles. The Morgan fingerprint density at radius 3 is 2.55 bits per heavy atom. The number of halogens is 1. The molecule has 1 aromatic carbocycles. The van der Waals surface area contributed by atoms with Crippen LogP contribution >= 0.6 is 15.9 Å². The van der Waals surface area contributed by atoms with Crippen molar-refractivity contribution in [1.29, 1.82) is 5.26 Å². The normalized spacial score (nSPS) is 9.95. The first kappa shape index (κ1) is 14.3. The maximum atomic E-state index is 9.16. The van der Waals surface area contributed by atoms with Crippen molar-refractivity contribution in [3.8, 4) is 6.07 Å². The molecule has 0 saturated carbocycles. The molecule has 2 aromatic rings. The van der Waals surface area contributed by atoms with Crippen LogP contribution in [-0.4, -0.2) is 17.0 Å². The van der Waals surface area contributed by atoms with E-state index >= 15 is 0 Å². The van der Waals surface area contributed by atoms with Gasteiger partial charge in [0.05, 0.1) is 11.3 Å². The number of hydrogen-bond acceptors (Lipinski definition) is 5. The lowest BCUT2D eigenvalue weighted by Crippen LogP contribution is -2.06. The molecule has 0 amide bonds. The summed E-state index contributed by atoms with van der Waals surface area (Å²) in [6, 6.07) is 7.61. The zero-order valence-electron chi connectivity index (χ0n) is 11.5. The van der Waals surface area contributed by atoms with Crippen molar-refractivity contribution in [2.24, 2.45) is 0 Å². The SMILES string of the molecule is CNc1nc(C)nc(Nc2cc(Br)ccc2C#N)c1C. The lowest BCUT2D eigenvalue weighted by Gasteiger charge is -2.13. The molecule has 20 heavy (non-hydrogen) atoms. The Labute approximate surface area is 126 Å². The maximum absolute atomic E-state index is 9.16. The minimum absolute atomic E-state index is 0.565. The zero-order valence-corrected chi connectivity index (χ0v) is 13.0. The molecule has 0 spiro atoms. The number of hydrogen-bond donors (Lipinski definition) is 2. The molecule has 6 heteroatoms. The summed E-state index contributed by atoms with van der Waals surface area (Å²) in [5, 5.41) is 15.4. The lowest BCUT2D eigenvalue weighted by molar-refractivity contribution is 1.03. The number of nitrogens with zero attached hydrogens (tertiary/aromatic N) is 3. The van der Waals surface area contributed by atoms with Gasteiger partial charge in [0, 0.05) is 17.1 Å². The Balaban J connectivity index is 2.48. The monoisotopic (exact) mass is 331 g/mol. The molecule has 1 heterocycles. The van der Waals surface area contributed by atoms with Crippen LogP contribution in [0.15, 0.2) is 22.7 Å². The van der Waals surface area contributed by atoms with Gasteiger partial charge < -0.3 is 10.6 Å². The third-order valence-corrected chi connectivity index (χ3v) is 3.34. The Bertz CT molecular complexity index is 691. The van der Waals surface area contributed by atoms with Gasteiger partial charge in [0.15, 0.2) is 0 Å². The second-order valence-electron chi connectivity index (χ2n) is 4.27. The van der Waals surface area contributed by atoms with Crippen LogP contribution in [0.4, 0.5) is 17.3 Å². The van der Waals surface area contributed by atoms with E-state index in [2.05, 4.69) is 42.6 Å². The highest BCUT2D eigenvalue weighted by Gasteiger charge is 2.10. The van der Waals surface area contributed by atoms with E-state index in [0.717, 1.165) is 15.9 Å². The number of anilines is 3. The quantitative estimate of drug-likeness (QED) is 0.900. The van der Waals surface area contributed by atoms with E-state index in [1.807, 2.05) is 33.0 Å². The molecule has 0 radical (unpaired) electrons. The zero-order chi connectivity index (χ0) is 14.7. The number of nitriles is 1. The summed E-state index contributed by atoms with van der Waals surface area (Å²) in [6.07, 6.45) is 0. The van der Waals surface area contributed by atoms with Gasteiger partial charge in [-0.3, -0.25) is 0 Å². The molecule has 0 atom stereocenters. The summed E-state index contributed by atoms with van der Waals surface area (Å²) >= 11 is 3.41. The highest BCUT2D eigenvalue weighted by molar-refractivity contribution is 9.10. The Hall–Kier alpha value is -2.13. The van der Waals surface area contributed by atoms with Crippen LogP contribution in [0.2, 0.25) is 0 Å². The molecule has 0 bridgehead atoms. The minimum Gasteiger partial charge on any atom is -0.373 e. The number of aromatic nitrogens is 2. The first-order valence-corrected chi connectivity index (χ1v) is 6.84. The molecular weight excluding hydrogens is 318 g/mol. The summed E-state index contributed by atoms with van der Waals surface area (Å²) < 4.78 is 0.899. The molecule has 0 aliphatic carbocycles. The molecule has 0 aliphatic heterocycles. The second-order valence-corrected chi connectivity index (χ2v) is 5.19. The van der Waals surface area contributed by atoms with Gasteiger partial charge >= 0.3 is 0 Å². The van der Waals surface area contributed by atoms with Gasteiger partial charge in [-0.15, -0.1) is 0 Å². The standard InChI is InChI=1S/C14H14BrN5/c1-8-13(17-3)18-9(2)19-14(8)20-12-6-11(15)5-4-10(12)7-16/h4-6H,1-3H3,(H2,17,18,19,20). The number of aryl methyl sites for hydroxylation is 1. The van der Waals surface area contributed by atoms with Crippen LogP contribution in [0.5, 0.6) is 0 Å². The predicted molar refractivity (Wildman–Crippen MR) is 83.2 cm³/mol. The van der Waals surface area contributed by atoms with Crippen LogP contribution in [0.3, 0.4) is 0 Å². The number of benzene rings is 1. The van der Waals surface area contributed by atoms with E-state index in [1.54, 1.807) is 6.07 Å². The highest BCUT2D eigenvalue weighted by atomic mass is 79.9. The Morgan fingerprint density at radius 1 is 1.20 bits per heavy atom. The largest absolute Gasteiger partial charge is 0.373 e. The van der Waals surface area contributed by atoms with Crippen LogP contribution in [0.1, 0.15) is 17.0 Å². The van der Waals surface area contributed by atoms with Gasteiger partial charge in [0.1, 0.15) is 23.5 Å². The second kappa shape index (κ2) is 5.88. The van der Waals surface area contributed by atoms with Crippen molar-refractivity contribution in [2.75, 3.05) is 17.7 Å². The maximum Gasteiger partial charge on any atom is 0.139 e. The Kier molecular flexibility index (Phi) is 4.20. The number of rotatable bonds is 3. The van der Waals surface area contributed by atoms with Crippen molar-refractivity contribution in [3.05, 3.63) is 39.6 Å². The lowest BCUT2D eigenvalue weighted by atomic mass is 10.2. The molecule has 2 rings (SSSR count). The summed E-state index contributed by atoms with van der Waals surface area (Å²) in [7, 11) is 1.82. The van der Waals surface area contributed by atoms with Gasteiger partial charge in [0.25, 0.3) is 0 Å². The van der Waals surface area contributed by atoms with Gasteiger partial charge in [-0.2, -0.15) is 5.26 Å². The van der Waals surface area contributed by atoms with Crippen LogP contribution in [-0.2, 0) is 0 Å². The van der Waals surface area contributed by atoms with E-state index in [9.17, 15) is 0 Å².